The predicted molar refractivity (Wildman–Crippen MR) is 115 cm³/mol. The van der Waals surface area contributed by atoms with Gasteiger partial charge in [-0.25, -0.2) is 4.79 Å². The average molecular weight is 478 g/mol. The summed E-state index contributed by atoms with van der Waals surface area (Å²) in [5.41, 5.74) is 10.9. The lowest BCUT2D eigenvalue weighted by molar-refractivity contribution is -0.141. The zero-order valence-corrected chi connectivity index (χ0v) is 18.8. The Hall–Kier alpha value is -2.87. The van der Waals surface area contributed by atoms with Crippen molar-refractivity contribution in [3.05, 3.63) is 0 Å². The summed E-state index contributed by atoms with van der Waals surface area (Å²) in [6.07, 6.45) is -1.15. The van der Waals surface area contributed by atoms with Gasteiger partial charge in [-0.1, -0.05) is 13.8 Å². The third-order valence-electron chi connectivity index (χ3n) is 4.18. The molecule has 0 aliphatic rings. The van der Waals surface area contributed by atoms with Gasteiger partial charge in [-0.3, -0.25) is 24.0 Å². The normalized spacial score (nSPS) is 14.5. The SMILES string of the molecule is CC(C)CC(N)C(=O)NC(CCC(=O)O)C(=O)NC(CC(N)=O)C(=O)NC(CS)C(=O)O. The lowest BCUT2D eigenvalue weighted by atomic mass is 10.0. The average Bonchev–Trinajstić information content (AvgIpc) is 2.66. The molecule has 0 bridgehead atoms. The van der Waals surface area contributed by atoms with Crippen molar-refractivity contribution < 1.29 is 39.0 Å². The third-order valence-corrected chi connectivity index (χ3v) is 4.54. The molecule has 9 N–H and O–H groups in total. The van der Waals surface area contributed by atoms with Crippen LogP contribution in [-0.4, -0.2) is 75.7 Å². The topological polar surface area (TPSA) is 231 Å². The summed E-state index contributed by atoms with van der Waals surface area (Å²) in [6.45, 7) is 3.67. The number of carbonyl (C=O) groups excluding carboxylic acids is 4. The van der Waals surface area contributed by atoms with E-state index in [4.69, 9.17) is 21.7 Å². The van der Waals surface area contributed by atoms with Gasteiger partial charge >= 0.3 is 11.9 Å². The molecule has 0 aromatic heterocycles. The van der Waals surface area contributed by atoms with Crippen LogP contribution in [-0.2, 0) is 28.8 Å². The summed E-state index contributed by atoms with van der Waals surface area (Å²) in [6, 6.07) is -5.28. The number of nitrogens with two attached hydrogens (primary N) is 2. The fourth-order valence-corrected chi connectivity index (χ4v) is 2.82. The van der Waals surface area contributed by atoms with E-state index >= 15 is 0 Å². The number of aliphatic carboxylic acids is 2. The second-order valence-corrected chi connectivity index (χ2v) is 7.91. The Morgan fingerprint density at radius 3 is 1.81 bits per heavy atom. The second kappa shape index (κ2) is 14.2. The van der Waals surface area contributed by atoms with Crippen molar-refractivity contribution in [2.45, 2.75) is 63.7 Å². The highest BCUT2D eigenvalue weighted by molar-refractivity contribution is 7.80. The van der Waals surface area contributed by atoms with Crippen molar-refractivity contribution in [2.75, 3.05) is 5.75 Å². The number of carboxylic acids is 2. The molecule has 0 radical (unpaired) electrons. The van der Waals surface area contributed by atoms with Gasteiger partial charge in [0.05, 0.1) is 12.5 Å². The van der Waals surface area contributed by atoms with Crippen molar-refractivity contribution in [2.24, 2.45) is 17.4 Å². The van der Waals surface area contributed by atoms with E-state index in [9.17, 15) is 28.8 Å². The van der Waals surface area contributed by atoms with Gasteiger partial charge in [0.15, 0.2) is 0 Å². The van der Waals surface area contributed by atoms with Crippen LogP contribution in [0.1, 0.15) is 39.5 Å². The van der Waals surface area contributed by atoms with Crippen LogP contribution in [0.5, 0.6) is 0 Å². The summed E-state index contributed by atoms with van der Waals surface area (Å²) in [7, 11) is 0. The Bertz CT molecular complexity index is 717. The number of primary amides is 1. The molecule has 0 aliphatic carbocycles. The third kappa shape index (κ3) is 11.5. The lowest BCUT2D eigenvalue weighted by Crippen LogP contribution is -2.58. The van der Waals surface area contributed by atoms with Gasteiger partial charge in [0.2, 0.25) is 23.6 Å². The Labute approximate surface area is 190 Å². The maximum atomic E-state index is 12.7. The van der Waals surface area contributed by atoms with Crippen LogP contribution in [0.25, 0.3) is 0 Å². The fraction of sp³-hybridized carbons (Fsp3) is 0.667. The molecule has 0 spiro atoms. The Morgan fingerprint density at radius 2 is 1.38 bits per heavy atom. The number of thiol groups is 1. The minimum atomic E-state index is -1.56. The van der Waals surface area contributed by atoms with Gasteiger partial charge in [0, 0.05) is 12.2 Å². The highest BCUT2D eigenvalue weighted by Gasteiger charge is 2.31. The van der Waals surface area contributed by atoms with Crippen LogP contribution < -0.4 is 27.4 Å². The standard InChI is InChI=1S/C18H31N5O8S/c1-8(2)5-9(19)15(27)21-10(3-4-14(25)26)16(28)22-11(6-13(20)24)17(29)23-12(7-32)18(30)31/h8-12,32H,3-7,19H2,1-2H3,(H2,20,24)(H,21,27)(H,22,28)(H,23,29)(H,25,26)(H,30,31). The number of hydrogen-bond acceptors (Lipinski definition) is 8. The Morgan fingerprint density at radius 1 is 0.875 bits per heavy atom. The highest BCUT2D eigenvalue weighted by Crippen LogP contribution is 2.06. The van der Waals surface area contributed by atoms with E-state index in [1.165, 1.54) is 0 Å². The molecule has 32 heavy (non-hydrogen) atoms. The van der Waals surface area contributed by atoms with E-state index in [1.54, 1.807) is 0 Å². The molecule has 0 aromatic carbocycles. The van der Waals surface area contributed by atoms with Crippen LogP contribution >= 0.6 is 12.6 Å². The number of nitrogens with one attached hydrogen (secondary N) is 3. The number of rotatable bonds is 15. The first-order valence-corrected chi connectivity index (χ1v) is 10.4. The largest absolute Gasteiger partial charge is 0.481 e. The molecule has 4 amide bonds. The van der Waals surface area contributed by atoms with Crippen LogP contribution in [0.4, 0.5) is 0 Å². The van der Waals surface area contributed by atoms with Crippen molar-refractivity contribution >= 4 is 48.2 Å². The van der Waals surface area contributed by atoms with Crippen LogP contribution in [0.15, 0.2) is 0 Å². The molecule has 0 fully saturated rings. The zero-order chi connectivity index (χ0) is 25.0. The minimum Gasteiger partial charge on any atom is -0.481 e. The maximum absolute atomic E-state index is 12.7. The molecule has 14 heteroatoms. The van der Waals surface area contributed by atoms with Crippen molar-refractivity contribution in [1.29, 1.82) is 0 Å². The summed E-state index contributed by atoms with van der Waals surface area (Å²) in [5.74, 6) is -6.43. The summed E-state index contributed by atoms with van der Waals surface area (Å²) < 4.78 is 0. The fourth-order valence-electron chi connectivity index (χ4n) is 2.57. The lowest BCUT2D eigenvalue weighted by Gasteiger charge is -2.24. The second-order valence-electron chi connectivity index (χ2n) is 7.54. The van der Waals surface area contributed by atoms with E-state index in [0.717, 1.165) is 0 Å². The number of amides is 4. The van der Waals surface area contributed by atoms with E-state index in [0.29, 0.717) is 6.42 Å². The molecule has 4 atom stereocenters. The molecule has 0 aromatic rings. The molecule has 0 saturated heterocycles. The Kier molecular flexibility index (Phi) is 13.0. The van der Waals surface area contributed by atoms with Gasteiger partial charge in [-0.15, -0.1) is 0 Å². The molecular weight excluding hydrogens is 446 g/mol. The molecule has 0 rings (SSSR count). The van der Waals surface area contributed by atoms with Crippen molar-refractivity contribution in [3.63, 3.8) is 0 Å². The summed E-state index contributed by atoms with van der Waals surface area (Å²) in [4.78, 5) is 70.8. The number of carboxylic acid groups (broad SMARTS) is 2. The van der Waals surface area contributed by atoms with E-state index in [2.05, 4.69) is 28.6 Å². The maximum Gasteiger partial charge on any atom is 0.327 e. The number of hydrogen-bond donors (Lipinski definition) is 8. The predicted octanol–water partition coefficient (Wildman–Crippen LogP) is -2.43. The van der Waals surface area contributed by atoms with Crippen molar-refractivity contribution in [1.82, 2.24) is 16.0 Å². The van der Waals surface area contributed by atoms with E-state index < -0.39 is 72.6 Å². The molecule has 13 nitrogen and oxygen atoms in total. The van der Waals surface area contributed by atoms with Gasteiger partial charge in [0.25, 0.3) is 0 Å². The van der Waals surface area contributed by atoms with Gasteiger partial charge < -0.3 is 37.6 Å². The molecular formula is C18H31N5O8S. The molecule has 182 valence electrons. The first-order chi connectivity index (χ1) is 14.8. The van der Waals surface area contributed by atoms with Gasteiger partial charge in [-0.2, -0.15) is 12.6 Å². The first kappa shape index (κ1) is 29.1. The summed E-state index contributed by atoms with van der Waals surface area (Å²) >= 11 is 3.81. The first-order valence-electron chi connectivity index (χ1n) is 9.78. The molecule has 0 aliphatic heterocycles. The Balaban J connectivity index is 5.49. The monoisotopic (exact) mass is 477 g/mol. The zero-order valence-electron chi connectivity index (χ0n) is 17.9. The molecule has 0 saturated carbocycles. The summed E-state index contributed by atoms with van der Waals surface area (Å²) in [5, 5.41) is 24.6. The molecule has 4 unspecified atom stereocenters. The minimum absolute atomic E-state index is 0.0831. The molecule has 0 heterocycles. The van der Waals surface area contributed by atoms with Crippen LogP contribution in [0, 0.1) is 5.92 Å². The smallest absolute Gasteiger partial charge is 0.327 e. The van der Waals surface area contributed by atoms with Crippen molar-refractivity contribution in [3.8, 4) is 0 Å². The van der Waals surface area contributed by atoms with Gasteiger partial charge in [-0.05, 0) is 18.8 Å². The van der Waals surface area contributed by atoms with Gasteiger partial charge in [0.1, 0.15) is 18.1 Å². The highest BCUT2D eigenvalue weighted by atomic mass is 32.1. The van der Waals surface area contributed by atoms with E-state index in [1.807, 2.05) is 13.8 Å². The number of carbonyl (C=O) groups is 6. The van der Waals surface area contributed by atoms with Crippen LogP contribution in [0.3, 0.4) is 0 Å². The quantitative estimate of drug-likeness (QED) is 0.117. The van der Waals surface area contributed by atoms with Crippen LogP contribution in [0.2, 0.25) is 0 Å². The van der Waals surface area contributed by atoms with E-state index in [-0.39, 0.29) is 18.1 Å².